The normalized spacial score (nSPS) is 12.3. The van der Waals surface area contributed by atoms with Gasteiger partial charge in [-0.05, 0) is 49.2 Å². The Morgan fingerprint density at radius 2 is 1.53 bits per heavy atom. The first-order valence-electron chi connectivity index (χ1n) is 9.66. The molecule has 30 heavy (non-hydrogen) atoms. The average molecular weight is 475 g/mol. The van der Waals surface area contributed by atoms with Gasteiger partial charge in [0.1, 0.15) is 5.75 Å². The Balaban J connectivity index is 2.02. The molecule has 166 valence electrons. The average Bonchev–Trinajstić information content (AvgIpc) is 2.70. The molecule has 0 spiro atoms. The summed E-state index contributed by atoms with van der Waals surface area (Å²) in [7, 11) is -7.24. The molecule has 2 rings (SSSR count). The molecular formula is C20H27ClN2O5S2. The number of ether oxygens (including phenoxy) is 1. The maximum absolute atomic E-state index is 12.5. The van der Waals surface area contributed by atoms with Crippen molar-refractivity contribution in [2.24, 2.45) is 0 Å². The molecule has 0 heterocycles. The fourth-order valence-electron chi connectivity index (χ4n) is 2.88. The zero-order valence-corrected chi connectivity index (χ0v) is 19.6. The van der Waals surface area contributed by atoms with Crippen LogP contribution in [0.15, 0.2) is 52.3 Å². The van der Waals surface area contributed by atoms with E-state index in [0.29, 0.717) is 31.9 Å². The van der Waals surface area contributed by atoms with Crippen molar-refractivity contribution in [3.05, 3.63) is 53.1 Å². The van der Waals surface area contributed by atoms with E-state index in [1.165, 1.54) is 22.5 Å². The van der Waals surface area contributed by atoms with E-state index < -0.39 is 20.0 Å². The van der Waals surface area contributed by atoms with Crippen molar-refractivity contribution >= 4 is 31.6 Å². The fraction of sp³-hybridized carbons (Fsp3) is 0.400. The molecule has 0 saturated carbocycles. The summed E-state index contributed by atoms with van der Waals surface area (Å²) in [6.07, 6.45) is 0.412. The van der Waals surface area contributed by atoms with Crippen LogP contribution >= 0.6 is 11.6 Å². The molecule has 2 aromatic rings. The van der Waals surface area contributed by atoms with Gasteiger partial charge in [0.05, 0.1) is 21.4 Å². The minimum absolute atomic E-state index is 0.0524. The van der Waals surface area contributed by atoms with E-state index in [1.807, 2.05) is 6.92 Å². The molecular weight excluding hydrogens is 448 g/mol. The van der Waals surface area contributed by atoms with Crippen LogP contribution < -0.4 is 9.46 Å². The van der Waals surface area contributed by atoms with Crippen LogP contribution in [0.4, 0.5) is 0 Å². The van der Waals surface area contributed by atoms with Gasteiger partial charge in [0.15, 0.2) is 0 Å². The SMILES string of the molecule is CCOc1ccc(S(=O)(=O)NCCc2ccc(S(=O)(=O)N(CC)CC)cc2)cc1Cl. The van der Waals surface area contributed by atoms with Gasteiger partial charge in [-0.25, -0.2) is 21.6 Å². The van der Waals surface area contributed by atoms with Gasteiger partial charge in [0, 0.05) is 19.6 Å². The highest BCUT2D eigenvalue weighted by atomic mass is 35.5. The van der Waals surface area contributed by atoms with E-state index >= 15 is 0 Å². The summed E-state index contributed by atoms with van der Waals surface area (Å²) in [5.41, 5.74) is 0.820. The highest BCUT2D eigenvalue weighted by molar-refractivity contribution is 7.89. The smallest absolute Gasteiger partial charge is 0.243 e. The van der Waals surface area contributed by atoms with E-state index in [9.17, 15) is 16.8 Å². The van der Waals surface area contributed by atoms with Crippen LogP contribution in [0, 0.1) is 0 Å². The summed E-state index contributed by atoms with van der Waals surface area (Å²) >= 11 is 6.07. The second kappa shape index (κ2) is 10.6. The summed E-state index contributed by atoms with van der Waals surface area (Å²) in [5.74, 6) is 0.429. The van der Waals surface area contributed by atoms with Crippen molar-refractivity contribution in [3.63, 3.8) is 0 Å². The molecule has 10 heteroatoms. The maximum Gasteiger partial charge on any atom is 0.243 e. The second-order valence-corrected chi connectivity index (χ2v) is 10.5. The van der Waals surface area contributed by atoms with E-state index in [2.05, 4.69) is 4.72 Å². The van der Waals surface area contributed by atoms with Crippen LogP contribution in [0.25, 0.3) is 0 Å². The summed E-state index contributed by atoms with van der Waals surface area (Å²) in [6.45, 7) is 6.79. The van der Waals surface area contributed by atoms with Crippen LogP contribution in [-0.2, 0) is 26.5 Å². The zero-order valence-electron chi connectivity index (χ0n) is 17.3. The molecule has 0 amide bonds. The van der Waals surface area contributed by atoms with Gasteiger partial charge < -0.3 is 4.74 Å². The minimum Gasteiger partial charge on any atom is -0.492 e. The van der Waals surface area contributed by atoms with Gasteiger partial charge in [0.25, 0.3) is 0 Å². The topological polar surface area (TPSA) is 92.8 Å². The third kappa shape index (κ3) is 5.95. The third-order valence-electron chi connectivity index (χ3n) is 4.49. The molecule has 0 saturated heterocycles. The van der Waals surface area contributed by atoms with Crippen LogP contribution in [0.5, 0.6) is 5.75 Å². The fourth-order valence-corrected chi connectivity index (χ4v) is 5.69. The van der Waals surface area contributed by atoms with Crippen molar-refractivity contribution in [1.82, 2.24) is 9.03 Å². The number of rotatable bonds is 11. The number of hydrogen-bond acceptors (Lipinski definition) is 5. The molecule has 7 nitrogen and oxygen atoms in total. The lowest BCUT2D eigenvalue weighted by molar-refractivity contribution is 0.340. The van der Waals surface area contributed by atoms with E-state index in [-0.39, 0.29) is 21.4 Å². The molecule has 0 radical (unpaired) electrons. The van der Waals surface area contributed by atoms with Crippen molar-refractivity contribution in [2.45, 2.75) is 37.0 Å². The predicted octanol–water partition coefficient (Wildman–Crippen LogP) is 3.29. The Hall–Kier alpha value is -1.65. The number of hydrogen-bond donors (Lipinski definition) is 1. The molecule has 0 aromatic heterocycles. The lowest BCUT2D eigenvalue weighted by Crippen LogP contribution is -2.30. The molecule has 0 aliphatic heterocycles. The predicted molar refractivity (Wildman–Crippen MR) is 118 cm³/mol. The van der Waals surface area contributed by atoms with Gasteiger partial charge in [-0.15, -0.1) is 0 Å². The van der Waals surface area contributed by atoms with Gasteiger partial charge in [-0.2, -0.15) is 4.31 Å². The zero-order chi connectivity index (χ0) is 22.4. The van der Waals surface area contributed by atoms with E-state index in [1.54, 1.807) is 38.1 Å². The lowest BCUT2D eigenvalue weighted by Gasteiger charge is -2.18. The molecule has 0 aliphatic rings. The van der Waals surface area contributed by atoms with Gasteiger partial charge in [0.2, 0.25) is 20.0 Å². The molecule has 0 bridgehead atoms. The van der Waals surface area contributed by atoms with Crippen LogP contribution in [0.1, 0.15) is 26.3 Å². The largest absolute Gasteiger partial charge is 0.492 e. The molecule has 0 aliphatic carbocycles. The van der Waals surface area contributed by atoms with Crippen molar-refractivity contribution in [1.29, 1.82) is 0 Å². The first kappa shape index (κ1) is 24.6. The summed E-state index contributed by atoms with van der Waals surface area (Å²) in [4.78, 5) is 0.274. The molecule has 0 fully saturated rings. The Morgan fingerprint density at radius 3 is 2.07 bits per heavy atom. The Labute approximate surface area is 184 Å². The molecule has 2 aromatic carbocycles. The molecule has 0 unspecified atom stereocenters. The molecule has 1 N–H and O–H groups in total. The van der Waals surface area contributed by atoms with E-state index in [0.717, 1.165) is 5.56 Å². The minimum atomic E-state index is -3.73. The highest BCUT2D eigenvalue weighted by Crippen LogP contribution is 2.27. The second-order valence-electron chi connectivity index (χ2n) is 6.41. The number of nitrogens with zero attached hydrogens (tertiary/aromatic N) is 1. The van der Waals surface area contributed by atoms with Crippen molar-refractivity contribution in [2.75, 3.05) is 26.2 Å². The summed E-state index contributed by atoms with van der Waals surface area (Å²) < 4.78 is 59.2. The maximum atomic E-state index is 12.5. The standard InChI is InChI=1S/C20H27ClN2O5S2/c1-4-23(5-2)30(26,27)17-9-7-16(8-10-17)13-14-22-29(24,25)18-11-12-20(28-6-3)19(21)15-18/h7-12,15,22H,4-6,13-14H2,1-3H3. The monoisotopic (exact) mass is 474 g/mol. The Morgan fingerprint density at radius 1 is 0.933 bits per heavy atom. The van der Waals surface area contributed by atoms with Crippen molar-refractivity contribution in [3.8, 4) is 5.75 Å². The number of nitrogens with one attached hydrogen (secondary N) is 1. The molecule has 0 atom stereocenters. The quantitative estimate of drug-likeness (QED) is 0.539. The Bertz CT molecular complexity index is 1050. The number of benzene rings is 2. The summed E-state index contributed by atoms with van der Waals surface area (Å²) in [5, 5.41) is 0.227. The lowest BCUT2D eigenvalue weighted by atomic mass is 10.2. The highest BCUT2D eigenvalue weighted by Gasteiger charge is 2.21. The first-order chi connectivity index (χ1) is 14.2. The van der Waals surface area contributed by atoms with Crippen LogP contribution in [0.3, 0.4) is 0 Å². The van der Waals surface area contributed by atoms with Gasteiger partial charge in [-0.1, -0.05) is 37.6 Å². The van der Waals surface area contributed by atoms with Gasteiger partial charge in [-0.3, -0.25) is 0 Å². The Kier molecular flexibility index (Phi) is 8.69. The van der Waals surface area contributed by atoms with Gasteiger partial charge >= 0.3 is 0 Å². The van der Waals surface area contributed by atoms with E-state index in [4.69, 9.17) is 16.3 Å². The number of sulfonamides is 2. The van der Waals surface area contributed by atoms with Crippen LogP contribution in [-0.4, -0.2) is 47.4 Å². The number of halogens is 1. The van der Waals surface area contributed by atoms with Crippen LogP contribution in [0.2, 0.25) is 5.02 Å². The van der Waals surface area contributed by atoms with Crippen molar-refractivity contribution < 1.29 is 21.6 Å². The first-order valence-corrected chi connectivity index (χ1v) is 13.0. The third-order valence-corrected chi connectivity index (χ3v) is 8.30. The summed E-state index contributed by atoms with van der Waals surface area (Å²) in [6, 6.07) is 10.8.